The minimum Gasteiger partial charge on any atom is -0.455 e. The van der Waals surface area contributed by atoms with Crippen LogP contribution in [0.5, 0.6) is 0 Å². The lowest BCUT2D eigenvalue weighted by Crippen LogP contribution is -1.92. The lowest BCUT2D eigenvalue weighted by atomic mass is 9.83. The molecule has 15 aromatic rings. The molecule has 15 rings (SSSR count). The van der Waals surface area contributed by atoms with Gasteiger partial charge < -0.3 is 4.42 Å². The highest BCUT2D eigenvalue weighted by Crippen LogP contribution is 2.50. The number of hydrogen-bond donors (Lipinski definition) is 0. The molecule has 14 aromatic carbocycles. The van der Waals surface area contributed by atoms with E-state index in [1.807, 2.05) is 0 Å². The summed E-state index contributed by atoms with van der Waals surface area (Å²) in [4.78, 5) is 0. The van der Waals surface area contributed by atoms with E-state index in [1.165, 1.54) is 120 Å². The quantitative estimate of drug-likeness (QED) is 0.151. The maximum absolute atomic E-state index is 7.09. The molecule has 0 N–H and O–H groups in total. The van der Waals surface area contributed by atoms with Crippen molar-refractivity contribution in [3.63, 3.8) is 0 Å². The van der Waals surface area contributed by atoms with Crippen molar-refractivity contribution in [2.24, 2.45) is 0 Å². The molecule has 0 saturated heterocycles. The third kappa shape index (κ3) is 6.36. The Kier molecular flexibility index (Phi) is 9.33. The summed E-state index contributed by atoms with van der Waals surface area (Å²) in [6.07, 6.45) is 0. The normalized spacial score (nSPS) is 11.8. The van der Waals surface area contributed by atoms with Gasteiger partial charge in [-0.05, 0) is 132 Å². The summed E-state index contributed by atoms with van der Waals surface area (Å²) in [5.41, 5.74) is 16.3. The van der Waals surface area contributed by atoms with Crippen LogP contribution in [0.15, 0.2) is 271 Å². The Hall–Kier alpha value is -9.56. The van der Waals surface area contributed by atoms with Gasteiger partial charge in [-0.1, -0.05) is 255 Å². The van der Waals surface area contributed by atoms with E-state index in [0.717, 1.165) is 33.1 Å². The van der Waals surface area contributed by atoms with Gasteiger partial charge in [0.1, 0.15) is 11.2 Å². The molecule has 0 fully saturated rings. The van der Waals surface area contributed by atoms with Crippen LogP contribution in [0, 0.1) is 0 Å². The fourth-order valence-corrected chi connectivity index (χ4v) is 12.4. The van der Waals surface area contributed by atoms with Crippen molar-refractivity contribution in [2.45, 2.75) is 0 Å². The molecule has 1 aromatic heterocycles. The molecule has 0 spiro atoms. The summed E-state index contributed by atoms with van der Waals surface area (Å²) in [6.45, 7) is 0. The number of para-hydroxylation sites is 1. The predicted octanol–water partition coefficient (Wildman–Crippen LogP) is 20.5. The summed E-state index contributed by atoms with van der Waals surface area (Å²) in [5, 5.41) is 16.9. The summed E-state index contributed by atoms with van der Waals surface area (Å²) < 4.78 is 7.09. The second-order valence-corrected chi connectivity index (χ2v) is 19.3. The van der Waals surface area contributed by atoms with Crippen molar-refractivity contribution < 1.29 is 4.42 Å². The fourth-order valence-electron chi connectivity index (χ4n) is 12.4. The largest absolute Gasteiger partial charge is 0.455 e. The summed E-state index contributed by atoms with van der Waals surface area (Å²) in [6, 6.07) is 97.9. The standard InChI is InChI=1S/C72H44O/c1-3-20-45(21-4-1)48-39-41-62(52-26-9-7-24-50(48)52)69-56-30-13-11-28-54(56)68(55-29-12-14-31-57(55)69)47-38-43-67-66(44-47)64-36-19-37-65(72(64)73-67)71-60-34-17-15-32-58(60)70(59-33-16-18-35-61(59)71)63-42-40-49(46-22-5-2-6-23-46)51-25-8-10-27-53(51)63/h1-44H. The van der Waals surface area contributed by atoms with Crippen molar-refractivity contribution in [2.75, 3.05) is 0 Å². The lowest BCUT2D eigenvalue weighted by Gasteiger charge is -2.20. The van der Waals surface area contributed by atoms with Crippen LogP contribution in [0.1, 0.15) is 0 Å². The molecule has 0 aliphatic heterocycles. The first kappa shape index (κ1) is 41.2. The van der Waals surface area contributed by atoms with Crippen molar-refractivity contribution in [1.82, 2.24) is 0 Å². The highest BCUT2D eigenvalue weighted by atomic mass is 16.3. The predicted molar refractivity (Wildman–Crippen MR) is 311 cm³/mol. The Morgan fingerprint density at radius 3 is 0.932 bits per heavy atom. The van der Waals surface area contributed by atoms with Crippen LogP contribution in [0.3, 0.4) is 0 Å². The Morgan fingerprint density at radius 1 is 0.178 bits per heavy atom. The van der Waals surface area contributed by atoms with Gasteiger partial charge in [-0.25, -0.2) is 0 Å². The molecular weight excluding hydrogens is 881 g/mol. The Labute approximate surface area is 422 Å². The van der Waals surface area contributed by atoms with Crippen LogP contribution in [-0.2, 0) is 0 Å². The van der Waals surface area contributed by atoms with Crippen molar-refractivity contribution in [3.05, 3.63) is 267 Å². The number of benzene rings is 14. The molecule has 0 atom stereocenters. The second kappa shape index (κ2) is 16.5. The zero-order valence-corrected chi connectivity index (χ0v) is 39.8. The van der Waals surface area contributed by atoms with E-state index in [9.17, 15) is 0 Å². The van der Waals surface area contributed by atoms with Gasteiger partial charge in [0.25, 0.3) is 0 Å². The van der Waals surface area contributed by atoms with Gasteiger partial charge in [-0.3, -0.25) is 0 Å². The molecular formula is C72H44O. The van der Waals surface area contributed by atoms with E-state index in [4.69, 9.17) is 4.42 Å². The summed E-state index contributed by atoms with van der Waals surface area (Å²) >= 11 is 0. The minimum atomic E-state index is 0.872. The van der Waals surface area contributed by atoms with E-state index in [2.05, 4.69) is 267 Å². The van der Waals surface area contributed by atoms with Gasteiger partial charge in [-0.15, -0.1) is 0 Å². The molecule has 1 nitrogen and oxygen atoms in total. The fraction of sp³-hybridized carbons (Fsp3) is 0. The number of fused-ring (bicyclic) bond motifs is 9. The SMILES string of the molecule is c1ccc(-c2ccc(-c3c4ccccc4c(-c4ccc5oc6c(-c7c8ccccc8c(-c8ccc(-c9ccccc9)c9ccccc89)c8ccccc78)cccc6c5c4)c4ccccc34)c3ccccc23)cc1. The van der Waals surface area contributed by atoms with Crippen LogP contribution < -0.4 is 0 Å². The molecule has 1 heteroatoms. The number of furan rings is 1. The molecule has 73 heavy (non-hydrogen) atoms. The van der Waals surface area contributed by atoms with Crippen LogP contribution in [0.4, 0.5) is 0 Å². The Morgan fingerprint density at radius 2 is 0.507 bits per heavy atom. The third-order valence-corrected chi connectivity index (χ3v) is 15.5. The molecule has 0 aliphatic carbocycles. The zero-order chi connectivity index (χ0) is 48.0. The minimum absolute atomic E-state index is 0.872. The number of hydrogen-bond acceptors (Lipinski definition) is 1. The third-order valence-electron chi connectivity index (χ3n) is 15.5. The van der Waals surface area contributed by atoms with Crippen LogP contribution >= 0.6 is 0 Å². The van der Waals surface area contributed by atoms with E-state index in [-0.39, 0.29) is 0 Å². The maximum Gasteiger partial charge on any atom is 0.143 e. The van der Waals surface area contributed by atoms with Crippen LogP contribution in [0.25, 0.3) is 153 Å². The topological polar surface area (TPSA) is 13.1 Å². The summed E-state index contributed by atoms with van der Waals surface area (Å²) in [5.74, 6) is 0. The average Bonchev–Trinajstić information content (AvgIpc) is 3.84. The monoisotopic (exact) mass is 924 g/mol. The van der Waals surface area contributed by atoms with Crippen molar-refractivity contribution in [1.29, 1.82) is 0 Å². The van der Waals surface area contributed by atoms with E-state index >= 15 is 0 Å². The van der Waals surface area contributed by atoms with Gasteiger partial charge in [0.2, 0.25) is 0 Å². The van der Waals surface area contributed by atoms with Gasteiger partial charge >= 0.3 is 0 Å². The summed E-state index contributed by atoms with van der Waals surface area (Å²) in [7, 11) is 0. The first-order chi connectivity index (χ1) is 36.3. The van der Waals surface area contributed by atoms with Crippen molar-refractivity contribution in [3.8, 4) is 66.8 Å². The van der Waals surface area contributed by atoms with E-state index in [0.29, 0.717) is 0 Å². The highest BCUT2D eigenvalue weighted by Gasteiger charge is 2.24. The molecule has 0 amide bonds. The molecule has 0 unspecified atom stereocenters. The van der Waals surface area contributed by atoms with E-state index in [1.54, 1.807) is 0 Å². The molecule has 0 aliphatic rings. The van der Waals surface area contributed by atoms with Gasteiger partial charge in [0.15, 0.2) is 0 Å². The Bertz CT molecular complexity index is 4600. The van der Waals surface area contributed by atoms with Gasteiger partial charge in [0, 0.05) is 21.9 Å². The highest BCUT2D eigenvalue weighted by molar-refractivity contribution is 6.28. The van der Waals surface area contributed by atoms with Gasteiger partial charge in [0.05, 0.1) is 0 Å². The maximum atomic E-state index is 7.09. The van der Waals surface area contributed by atoms with Crippen LogP contribution in [0.2, 0.25) is 0 Å². The molecule has 0 saturated carbocycles. The average molecular weight is 925 g/mol. The van der Waals surface area contributed by atoms with Gasteiger partial charge in [-0.2, -0.15) is 0 Å². The van der Waals surface area contributed by atoms with E-state index < -0.39 is 0 Å². The molecule has 0 bridgehead atoms. The lowest BCUT2D eigenvalue weighted by molar-refractivity contribution is 0.670. The Balaban J connectivity index is 0.928. The van der Waals surface area contributed by atoms with Crippen LogP contribution in [-0.4, -0.2) is 0 Å². The number of rotatable bonds is 6. The first-order valence-electron chi connectivity index (χ1n) is 25.2. The molecule has 0 radical (unpaired) electrons. The smallest absolute Gasteiger partial charge is 0.143 e. The first-order valence-corrected chi connectivity index (χ1v) is 25.2. The molecule has 338 valence electrons. The molecule has 1 heterocycles. The second-order valence-electron chi connectivity index (χ2n) is 19.3. The zero-order valence-electron chi connectivity index (χ0n) is 39.8. The van der Waals surface area contributed by atoms with Crippen molar-refractivity contribution >= 4 is 86.6 Å².